The van der Waals surface area contributed by atoms with Crippen LogP contribution >= 0.6 is 12.6 Å². The van der Waals surface area contributed by atoms with Gasteiger partial charge in [-0.2, -0.15) is 12.6 Å². The second-order valence-electron chi connectivity index (χ2n) is 8.41. The molecule has 174 valence electrons. The van der Waals surface area contributed by atoms with Gasteiger partial charge in [-0.1, -0.05) is 48.0 Å². The van der Waals surface area contributed by atoms with Crippen molar-refractivity contribution >= 4 is 36.3 Å². The molecule has 0 aliphatic rings. The van der Waals surface area contributed by atoms with Crippen LogP contribution in [0.5, 0.6) is 0 Å². The first-order valence-electron chi connectivity index (χ1n) is 10.4. The lowest BCUT2D eigenvalue weighted by Gasteiger charge is -2.27. The first-order valence-corrected chi connectivity index (χ1v) is 11.0. The molecule has 5 unspecified atom stereocenters. The molecule has 0 aromatic carbocycles. The molecule has 30 heavy (non-hydrogen) atoms. The van der Waals surface area contributed by atoms with Crippen molar-refractivity contribution in [2.24, 2.45) is 23.5 Å². The molecule has 6 N–H and O–H groups in total. The van der Waals surface area contributed by atoms with Crippen LogP contribution in [0.2, 0.25) is 0 Å². The first kappa shape index (κ1) is 28.2. The molecule has 0 aromatic rings. The van der Waals surface area contributed by atoms with Crippen LogP contribution in [0.4, 0.5) is 0 Å². The van der Waals surface area contributed by atoms with Crippen LogP contribution in [0.15, 0.2) is 0 Å². The topological polar surface area (TPSA) is 151 Å². The quantitative estimate of drug-likeness (QED) is 0.227. The van der Waals surface area contributed by atoms with Gasteiger partial charge in [-0.25, -0.2) is 4.79 Å². The molecule has 0 bridgehead atoms. The average molecular weight is 447 g/mol. The summed E-state index contributed by atoms with van der Waals surface area (Å²) in [7, 11) is 0. The molecule has 3 amide bonds. The Morgan fingerprint density at radius 1 is 0.900 bits per heavy atom. The second-order valence-corrected chi connectivity index (χ2v) is 8.78. The Bertz CT molecular complexity index is 600. The molecule has 0 aromatic heterocycles. The molecule has 10 heteroatoms. The Morgan fingerprint density at radius 2 is 1.40 bits per heavy atom. The summed E-state index contributed by atoms with van der Waals surface area (Å²) in [5.74, 6) is -3.09. The number of aliphatic carboxylic acids is 1. The Hall–Kier alpha value is -1.81. The number of nitrogens with one attached hydrogen (secondary N) is 3. The molecule has 9 nitrogen and oxygen atoms in total. The van der Waals surface area contributed by atoms with Crippen molar-refractivity contribution in [3.63, 3.8) is 0 Å². The lowest BCUT2D eigenvalue weighted by atomic mass is 9.98. The smallest absolute Gasteiger partial charge is 0.326 e. The summed E-state index contributed by atoms with van der Waals surface area (Å²) in [6.45, 7) is 11.0. The van der Waals surface area contributed by atoms with Crippen molar-refractivity contribution < 1.29 is 24.3 Å². The van der Waals surface area contributed by atoms with Crippen LogP contribution < -0.4 is 21.7 Å². The highest BCUT2D eigenvalue weighted by Gasteiger charge is 2.31. The van der Waals surface area contributed by atoms with E-state index in [9.17, 15) is 24.3 Å². The van der Waals surface area contributed by atoms with Crippen molar-refractivity contribution in [3.8, 4) is 0 Å². The predicted octanol–water partition coefficient (Wildman–Crippen LogP) is 0.531. The lowest BCUT2D eigenvalue weighted by Crippen LogP contribution is -2.58. The largest absolute Gasteiger partial charge is 0.480 e. The van der Waals surface area contributed by atoms with Gasteiger partial charge in [-0.3, -0.25) is 14.4 Å². The SMILES string of the molecule is CCC(C)C(NC(=O)C(CS)NC(=O)C(CC(C)C)NC(=O)C(N)C(C)C)C(=O)O. The first-order chi connectivity index (χ1) is 13.8. The van der Waals surface area contributed by atoms with E-state index in [-0.39, 0.29) is 23.5 Å². The van der Waals surface area contributed by atoms with Crippen molar-refractivity contribution in [1.29, 1.82) is 0 Å². The number of nitrogens with two attached hydrogens (primary N) is 1. The summed E-state index contributed by atoms with van der Waals surface area (Å²) >= 11 is 4.12. The van der Waals surface area contributed by atoms with Crippen LogP contribution in [0, 0.1) is 17.8 Å². The fraction of sp³-hybridized carbons (Fsp3) is 0.800. The molecule has 0 rings (SSSR count). The fourth-order valence-corrected chi connectivity index (χ4v) is 2.93. The van der Waals surface area contributed by atoms with E-state index in [4.69, 9.17) is 5.73 Å². The zero-order chi connectivity index (χ0) is 23.6. The van der Waals surface area contributed by atoms with Crippen molar-refractivity contribution in [3.05, 3.63) is 0 Å². The normalized spacial score (nSPS) is 16.3. The minimum atomic E-state index is -1.14. The van der Waals surface area contributed by atoms with Gasteiger partial charge in [-0.05, 0) is 24.2 Å². The van der Waals surface area contributed by atoms with Crippen LogP contribution in [-0.2, 0) is 19.2 Å². The van der Waals surface area contributed by atoms with Gasteiger partial charge in [0, 0.05) is 5.75 Å². The van der Waals surface area contributed by atoms with Gasteiger partial charge in [0.05, 0.1) is 6.04 Å². The summed E-state index contributed by atoms with van der Waals surface area (Å²) < 4.78 is 0. The second kappa shape index (κ2) is 13.5. The average Bonchev–Trinajstić information content (AvgIpc) is 2.67. The third kappa shape index (κ3) is 9.34. The zero-order valence-electron chi connectivity index (χ0n) is 18.8. The summed E-state index contributed by atoms with van der Waals surface area (Å²) in [4.78, 5) is 49.1. The Kier molecular flexibility index (Phi) is 12.7. The maximum Gasteiger partial charge on any atom is 0.326 e. The number of hydrogen-bond acceptors (Lipinski definition) is 6. The number of carbonyl (C=O) groups is 4. The van der Waals surface area contributed by atoms with Gasteiger partial charge >= 0.3 is 5.97 Å². The summed E-state index contributed by atoms with van der Waals surface area (Å²) in [6, 6.07) is -3.75. The molecule has 0 aliphatic heterocycles. The Labute approximate surface area is 184 Å². The van der Waals surface area contributed by atoms with Gasteiger partial charge in [-0.15, -0.1) is 0 Å². The number of rotatable bonds is 13. The van der Waals surface area contributed by atoms with Gasteiger partial charge in [0.15, 0.2) is 0 Å². The Balaban J connectivity index is 5.29. The lowest BCUT2D eigenvalue weighted by molar-refractivity contribution is -0.143. The summed E-state index contributed by atoms with van der Waals surface area (Å²) in [5, 5.41) is 17.1. The molecule has 0 spiro atoms. The van der Waals surface area contributed by atoms with Gasteiger partial charge in [0.25, 0.3) is 0 Å². The molecule has 0 aliphatic carbocycles. The van der Waals surface area contributed by atoms with E-state index in [2.05, 4.69) is 28.6 Å². The van der Waals surface area contributed by atoms with Gasteiger partial charge in [0.2, 0.25) is 17.7 Å². The van der Waals surface area contributed by atoms with E-state index in [0.717, 1.165) is 0 Å². The highest BCUT2D eigenvalue weighted by molar-refractivity contribution is 7.80. The van der Waals surface area contributed by atoms with E-state index < -0.39 is 47.9 Å². The third-order valence-electron chi connectivity index (χ3n) is 4.95. The van der Waals surface area contributed by atoms with Gasteiger partial charge < -0.3 is 26.8 Å². The zero-order valence-corrected chi connectivity index (χ0v) is 19.7. The van der Waals surface area contributed by atoms with Crippen molar-refractivity contribution in [1.82, 2.24) is 16.0 Å². The number of carboxylic acids is 1. The molecule has 0 fully saturated rings. The third-order valence-corrected chi connectivity index (χ3v) is 5.32. The number of amides is 3. The molecule has 5 atom stereocenters. The molecule has 0 saturated heterocycles. The number of thiol groups is 1. The van der Waals surface area contributed by atoms with Gasteiger partial charge in [0.1, 0.15) is 18.1 Å². The number of carbonyl (C=O) groups excluding carboxylic acids is 3. The minimum Gasteiger partial charge on any atom is -0.480 e. The minimum absolute atomic E-state index is 0.0295. The standard InChI is InChI=1S/C20H38N4O5S/c1-7-12(6)16(20(28)29)24-18(26)14(9-30)23-17(25)13(8-10(2)3)22-19(27)15(21)11(4)5/h10-16,30H,7-9,21H2,1-6H3,(H,22,27)(H,23,25)(H,24,26)(H,28,29). The highest BCUT2D eigenvalue weighted by atomic mass is 32.1. The van der Waals surface area contributed by atoms with Crippen molar-refractivity contribution in [2.45, 2.75) is 78.6 Å². The highest BCUT2D eigenvalue weighted by Crippen LogP contribution is 2.10. The molecule has 0 radical (unpaired) electrons. The maximum absolute atomic E-state index is 12.8. The monoisotopic (exact) mass is 446 g/mol. The molecule has 0 heterocycles. The molecular weight excluding hydrogens is 408 g/mol. The molecule has 0 saturated carbocycles. The molecular formula is C20H38N4O5S. The maximum atomic E-state index is 12.8. The van der Waals surface area contributed by atoms with E-state index in [1.54, 1.807) is 20.8 Å². The van der Waals surface area contributed by atoms with E-state index in [0.29, 0.717) is 12.8 Å². The Morgan fingerprint density at radius 3 is 1.80 bits per heavy atom. The number of carboxylic acid groups (broad SMARTS) is 1. The summed E-state index contributed by atoms with van der Waals surface area (Å²) in [5.41, 5.74) is 5.86. The summed E-state index contributed by atoms with van der Waals surface area (Å²) in [6.07, 6.45) is 0.918. The van der Waals surface area contributed by atoms with Crippen LogP contribution in [0.1, 0.15) is 54.4 Å². The van der Waals surface area contributed by atoms with E-state index in [1.807, 2.05) is 20.8 Å². The van der Waals surface area contributed by atoms with Crippen LogP contribution in [0.25, 0.3) is 0 Å². The van der Waals surface area contributed by atoms with Crippen molar-refractivity contribution in [2.75, 3.05) is 5.75 Å². The predicted molar refractivity (Wildman–Crippen MR) is 119 cm³/mol. The number of hydrogen-bond donors (Lipinski definition) is 6. The van der Waals surface area contributed by atoms with Crippen LogP contribution in [0.3, 0.4) is 0 Å². The van der Waals surface area contributed by atoms with E-state index in [1.165, 1.54) is 0 Å². The van der Waals surface area contributed by atoms with E-state index >= 15 is 0 Å². The van der Waals surface area contributed by atoms with Crippen LogP contribution in [-0.4, -0.2) is 58.7 Å². The fourth-order valence-electron chi connectivity index (χ4n) is 2.68.